The summed E-state index contributed by atoms with van der Waals surface area (Å²) in [7, 11) is 1.69. The lowest BCUT2D eigenvalue weighted by atomic mass is 10.1. The van der Waals surface area contributed by atoms with Gasteiger partial charge < -0.3 is 10.1 Å². The minimum atomic E-state index is 0.501. The average Bonchev–Trinajstić information content (AvgIpc) is 3.03. The number of hydrogen-bond donors (Lipinski definition) is 1. The second-order valence-electron chi connectivity index (χ2n) is 6.02. The molecule has 0 bridgehead atoms. The average molecular weight is 256 g/mol. The summed E-state index contributed by atoms with van der Waals surface area (Å²) in [6, 6.07) is 8.12. The number of fused-ring (bicyclic) bond motifs is 1. The van der Waals surface area contributed by atoms with Crippen LogP contribution in [0.4, 0.5) is 5.82 Å². The summed E-state index contributed by atoms with van der Waals surface area (Å²) in [5.74, 6) is 2.62. The molecule has 0 amide bonds. The second-order valence-corrected chi connectivity index (χ2v) is 6.02. The Hall–Kier alpha value is -1.77. The normalized spacial score (nSPS) is 20.3. The first-order valence-corrected chi connectivity index (χ1v) is 6.77. The zero-order valence-electron chi connectivity index (χ0n) is 11.7. The summed E-state index contributed by atoms with van der Waals surface area (Å²) in [5.41, 5.74) is 0.501. The molecule has 3 nitrogen and oxygen atoms in total. The smallest absolute Gasteiger partial charge is 0.133 e. The van der Waals surface area contributed by atoms with Crippen molar-refractivity contribution < 1.29 is 4.74 Å². The maximum absolute atomic E-state index is 5.26. The quantitative estimate of drug-likeness (QED) is 0.905. The Morgan fingerprint density at radius 3 is 2.84 bits per heavy atom. The van der Waals surface area contributed by atoms with Crippen molar-refractivity contribution >= 4 is 16.6 Å². The zero-order valence-corrected chi connectivity index (χ0v) is 11.7. The minimum absolute atomic E-state index is 0.501. The largest absolute Gasteiger partial charge is 0.497 e. The molecule has 1 aliphatic rings. The molecule has 1 N–H and O–H groups in total. The predicted molar refractivity (Wildman–Crippen MR) is 78.7 cm³/mol. The number of hydrogen-bond acceptors (Lipinski definition) is 3. The summed E-state index contributed by atoms with van der Waals surface area (Å²) in [5, 5.41) is 5.80. The van der Waals surface area contributed by atoms with E-state index in [1.165, 1.54) is 6.42 Å². The van der Waals surface area contributed by atoms with Gasteiger partial charge in [-0.1, -0.05) is 13.8 Å². The summed E-state index contributed by atoms with van der Waals surface area (Å²) in [6.07, 6.45) is 3.15. The number of ether oxygens (including phenoxy) is 1. The molecular weight excluding hydrogens is 236 g/mol. The van der Waals surface area contributed by atoms with Gasteiger partial charge in [-0.2, -0.15) is 0 Å². The van der Waals surface area contributed by atoms with Gasteiger partial charge in [0.05, 0.1) is 7.11 Å². The van der Waals surface area contributed by atoms with Gasteiger partial charge in [0.2, 0.25) is 0 Å². The Morgan fingerprint density at radius 2 is 2.16 bits per heavy atom. The third kappa shape index (κ3) is 2.37. The molecule has 3 heteroatoms. The summed E-state index contributed by atoms with van der Waals surface area (Å²) in [6.45, 7) is 5.65. The topological polar surface area (TPSA) is 34.1 Å². The van der Waals surface area contributed by atoms with E-state index in [4.69, 9.17) is 4.74 Å². The molecule has 100 valence electrons. The lowest BCUT2D eigenvalue weighted by Gasteiger charge is -2.10. The van der Waals surface area contributed by atoms with Gasteiger partial charge >= 0.3 is 0 Å². The van der Waals surface area contributed by atoms with Crippen LogP contribution in [-0.2, 0) is 0 Å². The molecule has 0 radical (unpaired) electrons. The summed E-state index contributed by atoms with van der Waals surface area (Å²) in [4.78, 5) is 4.46. The molecule has 3 rings (SSSR count). The Kier molecular flexibility index (Phi) is 2.85. The number of nitrogens with zero attached hydrogens (tertiary/aromatic N) is 1. The first-order chi connectivity index (χ1) is 9.10. The van der Waals surface area contributed by atoms with Crippen LogP contribution in [-0.4, -0.2) is 18.6 Å². The molecule has 1 unspecified atom stereocenters. The highest BCUT2D eigenvalue weighted by Gasteiger charge is 2.45. The van der Waals surface area contributed by atoms with Crippen LogP contribution in [0.15, 0.2) is 30.5 Å². The lowest BCUT2D eigenvalue weighted by molar-refractivity contribution is 0.415. The van der Waals surface area contributed by atoms with Crippen molar-refractivity contribution in [3.05, 3.63) is 30.5 Å². The third-order valence-electron chi connectivity index (χ3n) is 4.21. The molecule has 1 saturated carbocycles. The van der Waals surface area contributed by atoms with Crippen LogP contribution in [0.3, 0.4) is 0 Å². The second kappa shape index (κ2) is 4.41. The monoisotopic (exact) mass is 256 g/mol. The van der Waals surface area contributed by atoms with Crippen molar-refractivity contribution in [1.29, 1.82) is 0 Å². The van der Waals surface area contributed by atoms with Crippen molar-refractivity contribution in [1.82, 2.24) is 4.98 Å². The van der Waals surface area contributed by atoms with Crippen molar-refractivity contribution in [3.63, 3.8) is 0 Å². The van der Waals surface area contributed by atoms with Crippen molar-refractivity contribution in [3.8, 4) is 5.75 Å². The molecule has 1 aromatic heterocycles. The summed E-state index contributed by atoms with van der Waals surface area (Å²) < 4.78 is 5.26. The zero-order chi connectivity index (χ0) is 13.5. The van der Waals surface area contributed by atoms with Gasteiger partial charge in [-0.3, -0.25) is 0 Å². The van der Waals surface area contributed by atoms with Crippen LogP contribution in [0.5, 0.6) is 5.75 Å². The number of pyridine rings is 1. The van der Waals surface area contributed by atoms with Crippen LogP contribution in [0.25, 0.3) is 10.8 Å². The van der Waals surface area contributed by atoms with Gasteiger partial charge in [-0.05, 0) is 47.4 Å². The molecule has 1 atom stereocenters. The standard InChI is InChI=1S/C16H20N2O/c1-16(2)9-12(16)10-18-15-14-5-4-13(19-3)8-11(14)6-7-17-15/h4-8,12H,9-10H2,1-3H3,(H,17,18). The van der Waals surface area contributed by atoms with E-state index >= 15 is 0 Å². The van der Waals surface area contributed by atoms with Crippen molar-refractivity contribution in [2.45, 2.75) is 20.3 Å². The number of rotatable bonds is 4. The number of aromatic nitrogens is 1. The van der Waals surface area contributed by atoms with Gasteiger partial charge in [0, 0.05) is 18.1 Å². The highest BCUT2D eigenvalue weighted by atomic mass is 16.5. The summed E-state index contributed by atoms with van der Waals surface area (Å²) >= 11 is 0. The molecule has 2 aromatic rings. The van der Waals surface area contributed by atoms with E-state index in [9.17, 15) is 0 Å². The molecule has 1 heterocycles. The Bertz CT molecular complexity index is 607. The molecule has 0 saturated heterocycles. The Labute approximate surface area is 114 Å². The molecule has 19 heavy (non-hydrogen) atoms. The molecule has 0 spiro atoms. The highest BCUT2D eigenvalue weighted by Crippen LogP contribution is 2.51. The Morgan fingerprint density at radius 1 is 1.37 bits per heavy atom. The highest BCUT2D eigenvalue weighted by molar-refractivity contribution is 5.92. The lowest BCUT2D eigenvalue weighted by Crippen LogP contribution is -2.08. The van der Waals surface area contributed by atoms with Crippen LogP contribution in [0, 0.1) is 11.3 Å². The van der Waals surface area contributed by atoms with Gasteiger partial charge in [0.1, 0.15) is 11.6 Å². The van der Waals surface area contributed by atoms with E-state index in [0.29, 0.717) is 5.41 Å². The molecule has 1 aromatic carbocycles. The fourth-order valence-corrected chi connectivity index (χ4v) is 2.57. The number of nitrogens with one attached hydrogen (secondary N) is 1. The van der Waals surface area contributed by atoms with Gasteiger partial charge in [0.15, 0.2) is 0 Å². The van der Waals surface area contributed by atoms with E-state index in [1.807, 2.05) is 24.4 Å². The van der Waals surface area contributed by atoms with E-state index in [1.54, 1.807) is 7.11 Å². The number of anilines is 1. The molecule has 1 fully saturated rings. The van der Waals surface area contributed by atoms with Gasteiger partial charge in [-0.15, -0.1) is 0 Å². The van der Waals surface area contributed by atoms with E-state index < -0.39 is 0 Å². The van der Waals surface area contributed by atoms with Gasteiger partial charge in [0.25, 0.3) is 0 Å². The van der Waals surface area contributed by atoms with Crippen LogP contribution in [0.1, 0.15) is 20.3 Å². The van der Waals surface area contributed by atoms with Crippen LogP contribution >= 0.6 is 0 Å². The number of benzene rings is 1. The molecule has 0 aliphatic heterocycles. The molecule has 1 aliphatic carbocycles. The van der Waals surface area contributed by atoms with E-state index in [-0.39, 0.29) is 0 Å². The van der Waals surface area contributed by atoms with Crippen molar-refractivity contribution in [2.24, 2.45) is 11.3 Å². The van der Waals surface area contributed by atoms with Crippen LogP contribution < -0.4 is 10.1 Å². The van der Waals surface area contributed by atoms with Crippen molar-refractivity contribution in [2.75, 3.05) is 19.0 Å². The van der Waals surface area contributed by atoms with Gasteiger partial charge in [-0.25, -0.2) is 4.98 Å². The first-order valence-electron chi connectivity index (χ1n) is 6.77. The maximum atomic E-state index is 5.26. The van der Waals surface area contributed by atoms with Crippen LogP contribution in [0.2, 0.25) is 0 Å². The predicted octanol–water partition coefficient (Wildman–Crippen LogP) is 3.70. The van der Waals surface area contributed by atoms with E-state index in [2.05, 4.69) is 30.2 Å². The fourth-order valence-electron chi connectivity index (χ4n) is 2.57. The minimum Gasteiger partial charge on any atom is -0.497 e. The SMILES string of the molecule is COc1ccc2c(NCC3CC3(C)C)nccc2c1. The molecular formula is C16H20N2O. The fraction of sp³-hybridized carbons (Fsp3) is 0.438. The third-order valence-corrected chi connectivity index (χ3v) is 4.21. The first kappa shape index (κ1) is 12.3. The number of methoxy groups -OCH3 is 1. The maximum Gasteiger partial charge on any atom is 0.133 e. The Balaban J connectivity index is 1.83. The van der Waals surface area contributed by atoms with E-state index in [0.717, 1.165) is 34.8 Å².